The zero-order valence-corrected chi connectivity index (χ0v) is 19.9. The van der Waals surface area contributed by atoms with Crippen LogP contribution >= 0.6 is 15.9 Å². The van der Waals surface area contributed by atoms with E-state index in [1.54, 1.807) is 49.4 Å². The minimum absolute atomic E-state index is 0.375. The molecule has 4 rings (SSSR count). The van der Waals surface area contributed by atoms with Crippen LogP contribution in [0.5, 0.6) is 11.5 Å². The van der Waals surface area contributed by atoms with E-state index in [0.717, 1.165) is 20.8 Å². The van der Waals surface area contributed by atoms with Crippen LogP contribution in [0.4, 0.5) is 0 Å². The fraction of sp³-hybridized carbons (Fsp3) is 0.0741. The summed E-state index contributed by atoms with van der Waals surface area (Å²) in [7, 11) is 0. The number of hydrazone groups is 1. The van der Waals surface area contributed by atoms with Gasteiger partial charge in [0.1, 0.15) is 11.5 Å². The molecule has 0 aliphatic carbocycles. The quantitative estimate of drug-likeness (QED) is 0.147. The Kier molecular flexibility index (Phi) is 7.34. The van der Waals surface area contributed by atoms with Gasteiger partial charge in [0.25, 0.3) is 5.91 Å². The summed E-state index contributed by atoms with van der Waals surface area (Å²) in [5.74, 6) is 0.198. The molecule has 0 fully saturated rings. The standard InChI is InChI=1S/C27H21BrN2O4/c1-18(33-22-15-11-21(28)12-16-22)26(31)30-29-17-19-9-13-23(14-10-19)34-27(32)25-8-4-6-20-5-2-3-7-24(20)25/h2-18H,1H3,(H,30,31)/b29-17-/t18-/m1/s1. The Hall–Kier alpha value is -3.97. The fourth-order valence-corrected chi connectivity index (χ4v) is 3.48. The normalized spacial score (nSPS) is 11.8. The third-order valence-electron chi connectivity index (χ3n) is 4.98. The summed E-state index contributed by atoms with van der Waals surface area (Å²) in [6.07, 6.45) is 0.787. The molecule has 1 atom stereocenters. The molecule has 0 saturated heterocycles. The molecule has 0 aliphatic heterocycles. The van der Waals surface area contributed by atoms with Gasteiger partial charge in [-0.05, 0) is 77.9 Å². The van der Waals surface area contributed by atoms with Crippen LogP contribution in [0.1, 0.15) is 22.8 Å². The SMILES string of the molecule is C[C@@H](Oc1ccc(Br)cc1)C(=O)N/N=C\c1ccc(OC(=O)c2cccc3ccccc23)cc1. The highest BCUT2D eigenvalue weighted by atomic mass is 79.9. The smallest absolute Gasteiger partial charge is 0.344 e. The van der Waals surface area contributed by atoms with E-state index < -0.39 is 12.1 Å². The Morgan fingerprint density at radius 1 is 0.882 bits per heavy atom. The molecular formula is C27H21BrN2O4. The molecular weight excluding hydrogens is 496 g/mol. The first-order chi connectivity index (χ1) is 16.5. The number of nitrogens with one attached hydrogen (secondary N) is 1. The van der Waals surface area contributed by atoms with E-state index in [2.05, 4.69) is 26.5 Å². The summed E-state index contributed by atoms with van der Waals surface area (Å²) < 4.78 is 12.1. The van der Waals surface area contributed by atoms with Gasteiger partial charge in [0.05, 0.1) is 11.8 Å². The van der Waals surface area contributed by atoms with E-state index in [1.165, 1.54) is 6.21 Å². The average molecular weight is 517 g/mol. The van der Waals surface area contributed by atoms with E-state index in [9.17, 15) is 9.59 Å². The van der Waals surface area contributed by atoms with Crippen molar-refractivity contribution in [2.75, 3.05) is 0 Å². The number of amides is 1. The number of benzene rings is 4. The molecule has 6 nitrogen and oxygen atoms in total. The second-order valence-electron chi connectivity index (χ2n) is 7.43. The number of hydrogen-bond acceptors (Lipinski definition) is 5. The molecule has 170 valence electrons. The number of carbonyl (C=O) groups excluding carboxylic acids is 2. The molecule has 0 heterocycles. The van der Waals surface area contributed by atoms with Crippen LogP contribution in [0, 0.1) is 0 Å². The number of esters is 1. The van der Waals surface area contributed by atoms with Gasteiger partial charge in [-0.15, -0.1) is 0 Å². The number of halogens is 1. The van der Waals surface area contributed by atoms with E-state index in [0.29, 0.717) is 17.1 Å². The molecule has 0 spiro atoms. The zero-order chi connectivity index (χ0) is 23.9. The van der Waals surface area contributed by atoms with E-state index in [-0.39, 0.29) is 5.91 Å². The summed E-state index contributed by atoms with van der Waals surface area (Å²) in [5.41, 5.74) is 3.69. The van der Waals surface area contributed by atoms with Crippen LogP contribution in [0.3, 0.4) is 0 Å². The maximum Gasteiger partial charge on any atom is 0.344 e. The lowest BCUT2D eigenvalue weighted by Gasteiger charge is -2.12. The molecule has 0 unspecified atom stereocenters. The summed E-state index contributed by atoms with van der Waals surface area (Å²) in [5, 5.41) is 5.79. The Morgan fingerprint density at radius 3 is 2.32 bits per heavy atom. The second-order valence-corrected chi connectivity index (χ2v) is 8.35. The van der Waals surface area contributed by atoms with Crippen molar-refractivity contribution < 1.29 is 19.1 Å². The predicted molar refractivity (Wildman–Crippen MR) is 135 cm³/mol. The molecule has 0 bridgehead atoms. The lowest BCUT2D eigenvalue weighted by molar-refractivity contribution is -0.127. The number of ether oxygens (including phenoxy) is 2. The number of nitrogens with zero attached hydrogens (tertiary/aromatic N) is 1. The molecule has 0 aromatic heterocycles. The van der Waals surface area contributed by atoms with Crippen LogP contribution in [0.25, 0.3) is 10.8 Å². The molecule has 1 amide bonds. The lowest BCUT2D eigenvalue weighted by Crippen LogP contribution is -2.33. The van der Waals surface area contributed by atoms with Crippen molar-refractivity contribution >= 4 is 44.8 Å². The van der Waals surface area contributed by atoms with Gasteiger partial charge in [-0.25, -0.2) is 10.2 Å². The third kappa shape index (κ3) is 5.88. The van der Waals surface area contributed by atoms with Gasteiger partial charge in [-0.3, -0.25) is 4.79 Å². The number of hydrogen-bond donors (Lipinski definition) is 1. The first-order valence-corrected chi connectivity index (χ1v) is 11.3. The summed E-state index contributed by atoms with van der Waals surface area (Å²) in [6, 6.07) is 27.2. The van der Waals surface area contributed by atoms with Crippen LogP contribution in [-0.4, -0.2) is 24.2 Å². The first kappa shape index (κ1) is 23.2. The van der Waals surface area contributed by atoms with Crippen molar-refractivity contribution in [1.29, 1.82) is 0 Å². The topological polar surface area (TPSA) is 77.0 Å². The summed E-state index contributed by atoms with van der Waals surface area (Å²) in [4.78, 5) is 24.9. The molecule has 34 heavy (non-hydrogen) atoms. The Morgan fingerprint density at radius 2 is 1.56 bits per heavy atom. The van der Waals surface area contributed by atoms with Crippen molar-refractivity contribution in [3.63, 3.8) is 0 Å². The van der Waals surface area contributed by atoms with Crippen LogP contribution < -0.4 is 14.9 Å². The monoisotopic (exact) mass is 516 g/mol. The van der Waals surface area contributed by atoms with Gasteiger partial charge >= 0.3 is 5.97 Å². The largest absolute Gasteiger partial charge is 0.481 e. The van der Waals surface area contributed by atoms with Crippen molar-refractivity contribution in [2.24, 2.45) is 5.10 Å². The predicted octanol–water partition coefficient (Wildman–Crippen LogP) is 5.74. The van der Waals surface area contributed by atoms with Crippen molar-refractivity contribution in [3.05, 3.63) is 107 Å². The highest BCUT2D eigenvalue weighted by molar-refractivity contribution is 9.10. The number of fused-ring (bicyclic) bond motifs is 1. The van der Waals surface area contributed by atoms with Gasteiger partial charge in [0.15, 0.2) is 6.10 Å². The van der Waals surface area contributed by atoms with E-state index in [4.69, 9.17) is 9.47 Å². The Labute approximate surface area is 205 Å². The van der Waals surface area contributed by atoms with Gasteiger partial charge < -0.3 is 9.47 Å². The van der Waals surface area contributed by atoms with Crippen LogP contribution in [-0.2, 0) is 4.79 Å². The van der Waals surface area contributed by atoms with Crippen molar-refractivity contribution in [2.45, 2.75) is 13.0 Å². The first-order valence-electron chi connectivity index (χ1n) is 10.5. The van der Waals surface area contributed by atoms with Gasteiger partial charge in [-0.2, -0.15) is 5.10 Å². The Bertz CT molecular complexity index is 1330. The molecule has 7 heteroatoms. The number of rotatable bonds is 7. The number of carbonyl (C=O) groups is 2. The van der Waals surface area contributed by atoms with Gasteiger partial charge in [-0.1, -0.05) is 52.3 Å². The third-order valence-corrected chi connectivity index (χ3v) is 5.51. The Balaban J connectivity index is 1.32. The molecule has 0 radical (unpaired) electrons. The summed E-state index contributed by atoms with van der Waals surface area (Å²) in [6.45, 7) is 1.64. The molecule has 4 aromatic rings. The highest BCUT2D eigenvalue weighted by Gasteiger charge is 2.14. The second kappa shape index (κ2) is 10.8. The molecule has 0 saturated carbocycles. The fourth-order valence-electron chi connectivity index (χ4n) is 3.22. The van der Waals surface area contributed by atoms with Gasteiger partial charge in [0.2, 0.25) is 0 Å². The lowest BCUT2D eigenvalue weighted by atomic mass is 10.0. The van der Waals surface area contributed by atoms with Crippen molar-refractivity contribution in [3.8, 4) is 11.5 Å². The van der Waals surface area contributed by atoms with Crippen molar-refractivity contribution in [1.82, 2.24) is 5.43 Å². The summed E-state index contributed by atoms with van der Waals surface area (Å²) >= 11 is 3.35. The zero-order valence-electron chi connectivity index (χ0n) is 18.3. The molecule has 0 aliphatic rings. The molecule has 1 N–H and O–H groups in total. The van der Waals surface area contributed by atoms with Crippen LogP contribution in [0.2, 0.25) is 0 Å². The minimum atomic E-state index is -0.714. The van der Waals surface area contributed by atoms with E-state index >= 15 is 0 Å². The highest BCUT2D eigenvalue weighted by Crippen LogP contribution is 2.21. The van der Waals surface area contributed by atoms with E-state index in [1.807, 2.05) is 48.5 Å². The minimum Gasteiger partial charge on any atom is -0.481 e. The van der Waals surface area contributed by atoms with Crippen LogP contribution in [0.15, 0.2) is 101 Å². The average Bonchev–Trinajstić information content (AvgIpc) is 2.86. The maximum atomic E-state index is 12.7. The van der Waals surface area contributed by atoms with Gasteiger partial charge in [0, 0.05) is 4.47 Å². The molecule has 4 aromatic carbocycles. The maximum absolute atomic E-state index is 12.7.